The van der Waals surface area contributed by atoms with Gasteiger partial charge in [0.15, 0.2) is 0 Å². The molecule has 3 rings (SSSR count). The number of allylic oxidation sites excluding steroid dienone is 1. The van der Waals surface area contributed by atoms with E-state index in [0.717, 1.165) is 36.2 Å². The summed E-state index contributed by atoms with van der Waals surface area (Å²) in [6.07, 6.45) is 19.4. The zero-order valence-electron chi connectivity index (χ0n) is 17.2. The van der Waals surface area contributed by atoms with Gasteiger partial charge < -0.3 is 4.74 Å². The Hall–Kier alpha value is 0.388. The van der Waals surface area contributed by atoms with Crippen molar-refractivity contribution < 1.29 is 25.8 Å². The van der Waals surface area contributed by atoms with Crippen LogP contribution in [0.4, 0.5) is 0 Å². The van der Waals surface area contributed by atoms with Gasteiger partial charge in [-0.3, -0.25) is 0 Å². The normalized spacial score (nSPS) is 39.2. The van der Waals surface area contributed by atoms with Crippen LogP contribution in [0.3, 0.4) is 0 Å². The summed E-state index contributed by atoms with van der Waals surface area (Å²) in [6.45, 7) is 9.84. The topological polar surface area (TPSA) is 9.23 Å². The van der Waals surface area contributed by atoms with E-state index in [1.54, 1.807) is 0 Å². The van der Waals surface area contributed by atoms with Gasteiger partial charge in [-0.2, -0.15) is 0 Å². The minimum atomic E-state index is 0. The summed E-state index contributed by atoms with van der Waals surface area (Å²) in [7, 11) is 0. The zero-order chi connectivity index (χ0) is 17.4. The Bertz CT molecular complexity index is 343. The van der Waals surface area contributed by atoms with Gasteiger partial charge in [-0.15, -0.1) is 0 Å². The van der Waals surface area contributed by atoms with Crippen LogP contribution in [0.5, 0.6) is 0 Å². The number of hydrogen-bond acceptors (Lipinski definition) is 1. The third kappa shape index (κ3) is 7.88. The minimum absolute atomic E-state index is 0. The van der Waals surface area contributed by atoms with Gasteiger partial charge in [0.2, 0.25) is 0 Å². The predicted molar refractivity (Wildman–Crippen MR) is 105 cm³/mol. The molecule has 0 bridgehead atoms. The molecule has 2 heteroatoms. The van der Waals surface area contributed by atoms with E-state index in [0.29, 0.717) is 6.10 Å². The maximum atomic E-state index is 6.20. The first-order valence-electron chi connectivity index (χ1n) is 11.0. The van der Waals surface area contributed by atoms with Gasteiger partial charge in [-0.05, 0) is 68.1 Å². The summed E-state index contributed by atoms with van der Waals surface area (Å²) in [5, 5.41) is 0. The Morgan fingerprint density at radius 3 is 1.68 bits per heavy atom. The van der Waals surface area contributed by atoms with Gasteiger partial charge in [-0.25, -0.2) is 0 Å². The third-order valence-corrected chi connectivity index (χ3v) is 6.73. The van der Waals surface area contributed by atoms with Crippen LogP contribution in [-0.2, 0) is 25.8 Å². The largest absolute Gasteiger partial charge is 0.374 e. The second-order valence-electron chi connectivity index (χ2n) is 8.63. The van der Waals surface area contributed by atoms with Gasteiger partial charge in [-0.1, -0.05) is 65.5 Å². The Morgan fingerprint density at radius 2 is 1.16 bits per heavy atom. The molecule has 1 heterocycles. The molecule has 2 saturated carbocycles. The quantitative estimate of drug-likeness (QED) is 0.365. The van der Waals surface area contributed by atoms with E-state index in [9.17, 15) is 0 Å². The van der Waals surface area contributed by atoms with Crippen molar-refractivity contribution in [2.24, 2.45) is 29.6 Å². The standard InChI is InChI=1S/C21H36O.C2H6.W/c1-16-3-7-18(8-4-16)9-13-21-14-12-20(15-22-21)19-10-5-17(2)6-11-19;1-2;/h9,13,16-21H,3-8,10-12,14-15H2,1-2H3;1-2H3;/b13-9+;;. The number of ether oxygens (including phenoxy) is 1. The van der Waals surface area contributed by atoms with Crippen molar-refractivity contribution >= 4 is 0 Å². The van der Waals surface area contributed by atoms with E-state index in [2.05, 4.69) is 26.0 Å². The molecule has 0 spiro atoms. The number of hydrogen-bond donors (Lipinski definition) is 0. The fourth-order valence-electron chi connectivity index (χ4n) is 4.83. The molecule has 0 N–H and O–H groups in total. The smallest absolute Gasteiger partial charge is 0.0756 e. The van der Waals surface area contributed by atoms with E-state index < -0.39 is 0 Å². The van der Waals surface area contributed by atoms with Crippen molar-refractivity contribution in [3.8, 4) is 0 Å². The molecule has 0 aromatic heterocycles. The molecule has 0 aromatic carbocycles. The van der Waals surface area contributed by atoms with Crippen LogP contribution in [0.2, 0.25) is 0 Å². The molecule has 3 fully saturated rings. The van der Waals surface area contributed by atoms with Gasteiger partial charge in [0.25, 0.3) is 0 Å². The molecule has 2 atom stereocenters. The summed E-state index contributed by atoms with van der Waals surface area (Å²) in [5.41, 5.74) is 0. The van der Waals surface area contributed by atoms with Crippen molar-refractivity contribution in [3.05, 3.63) is 12.2 Å². The average molecular weight is 518 g/mol. The minimum Gasteiger partial charge on any atom is -0.374 e. The Kier molecular flexibility index (Phi) is 11.9. The maximum Gasteiger partial charge on any atom is 0.0756 e. The molecule has 0 amide bonds. The molecule has 0 radical (unpaired) electrons. The second-order valence-corrected chi connectivity index (χ2v) is 8.63. The Balaban J connectivity index is 0.00000101. The van der Waals surface area contributed by atoms with E-state index >= 15 is 0 Å². The molecule has 1 saturated heterocycles. The summed E-state index contributed by atoms with van der Waals surface area (Å²) < 4.78 is 6.20. The summed E-state index contributed by atoms with van der Waals surface area (Å²) in [4.78, 5) is 0. The molecule has 2 aliphatic carbocycles. The van der Waals surface area contributed by atoms with Gasteiger partial charge in [0.1, 0.15) is 0 Å². The molecule has 146 valence electrons. The molecule has 1 aliphatic heterocycles. The van der Waals surface area contributed by atoms with Crippen LogP contribution in [0.15, 0.2) is 12.2 Å². The summed E-state index contributed by atoms with van der Waals surface area (Å²) >= 11 is 0. The molecular weight excluding hydrogens is 476 g/mol. The predicted octanol–water partition coefficient (Wildman–Crippen LogP) is 7.01. The van der Waals surface area contributed by atoms with Crippen LogP contribution >= 0.6 is 0 Å². The van der Waals surface area contributed by atoms with E-state index in [4.69, 9.17) is 4.74 Å². The van der Waals surface area contributed by atoms with Crippen LogP contribution in [0, 0.1) is 29.6 Å². The summed E-state index contributed by atoms with van der Waals surface area (Å²) in [6, 6.07) is 0. The van der Waals surface area contributed by atoms with Crippen LogP contribution in [0.25, 0.3) is 0 Å². The van der Waals surface area contributed by atoms with E-state index in [1.165, 1.54) is 64.2 Å². The Morgan fingerprint density at radius 1 is 0.640 bits per heavy atom. The second kappa shape index (κ2) is 12.7. The molecule has 0 aromatic rings. The monoisotopic (exact) mass is 518 g/mol. The van der Waals surface area contributed by atoms with Crippen molar-refractivity contribution in [2.45, 2.75) is 98.0 Å². The van der Waals surface area contributed by atoms with Crippen molar-refractivity contribution in [1.82, 2.24) is 0 Å². The van der Waals surface area contributed by atoms with Crippen molar-refractivity contribution in [2.75, 3.05) is 6.61 Å². The third-order valence-electron chi connectivity index (χ3n) is 6.73. The van der Waals surface area contributed by atoms with Gasteiger partial charge in [0, 0.05) is 21.1 Å². The molecule has 25 heavy (non-hydrogen) atoms. The van der Waals surface area contributed by atoms with Crippen molar-refractivity contribution in [1.29, 1.82) is 0 Å². The molecule has 3 aliphatic rings. The van der Waals surface area contributed by atoms with Crippen LogP contribution in [0.1, 0.15) is 91.9 Å². The average Bonchev–Trinajstić information content (AvgIpc) is 2.64. The SMILES string of the molecule is CC.CC1CCC(/C=C/C2CCC(C3CCC(C)CC3)CO2)CC1.[W]. The fraction of sp³-hybridized carbons (Fsp3) is 0.913. The van der Waals surface area contributed by atoms with E-state index in [1.807, 2.05) is 13.8 Å². The Labute approximate surface area is 172 Å². The first-order valence-corrected chi connectivity index (χ1v) is 11.0. The van der Waals surface area contributed by atoms with Crippen LogP contribution in [-0.4, -0.2) is 12.7 Å². The first kappa shape index (κ1) is 23.4. The maximum absolute atomic E-state index is 6.20. The number of rotatable bonds is 3. The van der Waals surface area contributed by atoms with Gasteiger partial charge in [0.05, 0.1) is 12.7 Å². The first-order chi connectivity index (χ1) is 11.7. The molecule has 2 unspecified atom stereocenters. The van der Waals surface area contributed by atoms with Gasteiger partial charge >= 0.3 is 0 Å². The fourth-order valence-corrected chi connectivity index (χ4v) is 4.83. The zero-order valence-corrected chi connectivity index (χ0v) is 20.1. The molecular formula is C23H42OW. The van der Waals surface area contributed by atoms with Crippen LogP contribution < -0.4 is 0 Å². The molecule has 1 nitrogen and oxygen atoms in total. The van der Waals surface area contributed by atoms with E-state index in [-0.39, 0.29) is 21.1 Å². The summed E-state index contributed by atoms with van der Waals surface area (Å²) in [5.74, 6) is 4.57. The van der Waals surface area contributed by atoms with Crippen molar-refractivity contribution in [3.63, 3.8) is 0 Å².